The second-order valence-electron chi connectivity index (χ2n) is 6.50. The first-order valence-corrected chi connectivity index (χ1v) is 9.22. The number of hydrogen-bond donors (Lipinski definition) is 2. The molecule has 1 heterocycles. The van der Waals surface area contributed by atoms with Crippen LogP contribution >= 0.6 is 0 Å². The molecular formula is C19H25N3O7. The number of nitrogens with zero attached hydrogens (tertiary/aromatic N) is 1. The fraction of sp³-hybridized carbons (Fsp3) is 0.474. The first-order chi connectivity index (χ1) is 13.7. The van der Waals surface area contributed by atoms with Crippen LogP contribution in [0.15, 0.2) is 23.4 Å². The highest BCUT2D eigenvalue weighted by Crippen LogP contribution is 2.42. The van der Waals surface area contributed by atoms with Crippen molar-refractivity contribution in [1.29, 1.82) is 0 Å². The normalized spacial score (nSPS) is 16.2. The fourth-order valence-corrected chi connectivity index (χ4v) is 3.09. The van der Waals surface area contributed by atoms with Crippen LogP contribution in [0.3, 0.4) is 0 Å². The predicted molar refractivity (Wildman–Crippen MR) is 104 cm³/mol. The zero-order valence-electron chi connectivity index (χ0n) is 17.0. The van der Waals surface area contributed by atoms with Crippen molar-refractivity contribution in [3.05, 3.63) is 39.1 Å². The maximum Gasteiger partial charge on any atom is 0.337 e. The molecule has 1 unspecified atom stereocenters. The number of amides is 2. The van der Waals surface area contributed by atoms with Gasteiger partial charge in [0.2, 0.25) is 5.75 Å². The van der Waals surface area contributed by atoms with E-state index in [0.717, 1.165) is 0 Å². The number of nitro groups is 1. The highest BCUT2D eigenvalue weighted by molar-refractivity contribution is 5.95. The molecule has 0 fully saturated rings. The van der Waals surface area contributed by atoms with Crippen molar-refractivity contribution in [2.24, 2.45) is 5.92 Å². The molecule has 0 saturated heterocycles. The van der Waals surface area contributed by atoms with Gasteiger partial charge in [-0.25, -0.2) is 9.59 Å². The summed E-state index contributed by atoms with van der Waals surface area (Å²) in [5.41, 5.74) is 0.538. The summed E-state index contributed by atoms with van der Waals surface area (Å²) in [6.45, 7) is 7.51. The van der Waals surface area contributed by atoms with Gasteiger partial charge in [0.15, 0.2) is 5.75 Å². The van der Waals surface area contributed by atoms with Crippen molar-refractivity contribution >= 4 is 17.7 Å². The minimum Gasteiger partial charge on any atom is -0.490 e. The van der Waals surface area contributed by atoms with Crippen LogP contribution in [-0.4, -0.2) is 37.2 Å². The number of nitrogens with one attached hydrogen (secondary N) is 2. The Morgan fingerprint density at radius 2 is 1.90 bits per heavy atom. The van der Waals surface area contributed by atoms with Crippen LogP contribution in [0.1, 0.15) is 39.3 Å². The van der Waals surface area contributed by atoms with E-state index >= 15 is 0 Å². The van der Waals surface area contributed by atoms with Gasteiger partial charge in [-0.05, 0) is 31.4 Å². The third-order valence-corrected chi connectivity index (χ3v) is 4.26. The summed E-state index contributed by atoms with van der Waals surface area (Å²) >= 11 is 0. The van der Waals surface area contributed by atoms with Crippen LogP contribution in [0, 0.1) is 16.0 Å². The third kappa shape index (κ3) is 4.58. The number of esters is 1. The molecule has 0 bridgehead atoms. The average molecular weight is 407 g/mol. The molecule has 2 amide bonds. The van der Waals surface area contributed by atoms with E-state index in [9.17, 15) is 19.7 Å². The van der Waals surface area contributed by atoms with E-state index in [-0.39, 0.29) is 41.9 Å². The van der Waals surface area contributed by atoms with Gasteiger partial charge in [0, 0.05) is 11.8 Å². The first-order valence-electron chi connectivity index (χ1n) is 9.22. The van der Waals surface area contributed by atoms with E-state index in [1.807, 2.05) is 13.8 Å². The van der Waals surface area contributed by atoms with Gasteiger partial charge < -0.3 is 24.8 Å². The molecular weight excluding hydrogens is 382 g/mol. The van der Waals surface area contributed by atoms with Gasteiger partial charge in [-0.3, -0.25) is 10.1 Å². The number of hydrogen-bond acceptors (Lipinski definition) is 7. The maximum atomic E-state index is 12.5. The van der Waals surface area contributed by atoms with Crippen molar-refractivity contribution in [1.82, 2.24) is 10.6 Å². The first kappa shape index (κ1) is 22.0. The fourth-order valence-electron chi connectivity index (χ4n) is 3.09. The number of carbonyl (C=O) groups is 2. The van der Waals surface area contributed by atoms with Crippen LogP contribution < -0.4 is 20.1 Å². The minimum atomic E-state index is -0.956. The van der Waals surface area contributed by atoms with E-state index in [2.05, 4.69) is 10.6 Å². The largest absolute Gasteiger partial charge is 0.490 e. The Kier molecular flexibility index (Phi) is 7.03. The molecule has 1 atom stereocenters. The molecule has 1 aliphatic rings. The molecule has 10 heteroatoms. The number of benzene rings is 1. The van der Waals surface area contributed by atoms with E-state index in [1.54, 1.807) is 13.8 Å². The molecule has 29 heavy (non-hydrogen) atoms. The quantitative estimate of drug-likeness (QED) is 0.385. The molecule has 1 aromatic carbocycles. The van der Waals surface area contributed by atoms with Gasteiger partial charge in [-0.15, -0.1) is 0 Å². The molecule has 1 aliphatic heterocycles. The monoisotopic (exact) mass is 407 g/mol. The second kappa shape index (κ2) is 9.26. The second-order valence-corrected chi connectivity index (χ2v) is 6.50. The zero-order chi connectivity index (χ0) is 21.7. The highest BCUT2D eigenvalue weighted by atomic mass is 16.6. The summed E-state index contributed by atoms with van der Waals surface area (Å²) in [4.78, 5) is 35.8. The lowest BCUT2D eigenvalue weighted by Gasteiger charge is -2.31. The number of rotatable bonds is 8. The smallest absolute Gasteiger partial charge is 0.337 e. The summed E-state index contributed by atoms with van der Waals surface area (Å²) in [5.74, 6) is -0.694. The van der Waals surface area contributed by atoms with E-state index in [1.165, 1.54) is 19.2 Å². The number of nitro benzene ring substituents is 1. The van der Waals surface area contributed by atoms with Crippen molar-refractivity contribution < 1.29 is 28.7 Å². The van der Waals surface area contributed by atoms with Gasteiger partial charge in [0.1, 0.15) is 0 Å². The maximum absolute atomic E-state index is 12.5. The van der Waals surface area contributed by atoms with Crippen LogP contribution in [0.5, 0.6) is 11.5 Å². The van der Waals surface area contributed by atoms with Crippen LogP contribution in [-0.2, 0) is 9.53 Å². The molecule has 0 saturated carbocycles. The van der Waals surface area contributed by atoms with Gasteiger partial charge >= 0.3 is 17.7 Å². The van der Waals surface area contributed by atoms with Gasteiger partial charge in [0.05, 0.1) is 36.9 Å². The standard InChI is InChI=1S/C19H25N3O7/c1-6-28-13-9-11(8-12(22(25)26)17(13)29-7-2)16-14(18(23)27-5)15(10(3)4)20-19(24)21-16/h8-10,16H,6-7H2,1-5H3,(H2,20,21,24). The SMILES string of the molecule is CCOc1cc(C2NC(=O)NC(C(C)C)=C2C(=O)OC)cc([N+](=O)[O-])c1OCC. The summed E-state index contributed by atoms with van der Waals surface area (Å²) in [6, 6.07) is 1.31. The summed E-state index contributed by atoms with van der Waals surface area (Å²) < 4.78 is 15.9. The van der Waals surface area contributed by atoms with Crippen molar-refractivity contribution in [2.75, 3.05) is 20.3 Å². The third-order valence-electron chi connectivity index (χ3n) is 4.26. The van der Waals surface area contributed by atoms with Crippen LogP contribution in [0.4, 0.5) is 10.5 Å². The highest BCUT2D eigenvalue weighted by Gasteiger charge is 2.36. The number of methoxy groups -OCH3 is 1. The van der Waals surface area contributed by atoms with Crippen molar-refractivity contribution in [2.45, 2.75) is 33.7 Å². The predicted octanol–water partition coefficient (Wildman–Crippen LogP) is 2.83. The number of carbonyl (C=O) groups excluding carboxylic acids is 2. The Hall–Kier alpha value is -3.30. The van der Waals surface area contributed by atoms with Crippen molar-refractivity contribution in [3.8, 4) is 11.5 Å². The minimum absolute atomic E-state index is 0.00367. The molecule has 1 aromatic rings. The molecule has 0 spiro atoms. The summed E-state index contributed by atoms with van der Waals surface area (Å²) in [7, 11) is 1.23. The van der Waals surface area contributed by atoms with Gasteiger partial charge in [0.25, 0.3) is 0 Å². The summed E-state index contributed by atoms with van der Waals surface area (Å²) in [5, 5.41) is 16.9. The topological polar surface area (TPSA) is 129 Å². The Morgan fingerprint density at radius 1 is 1.24 bits per heavy atom. The lowest BCUT2D eigenvalue weighted by atomic mass is 9.91. The molecule has 0 radical (unpaired) electrons. The number of urea groups is 1. The average Bonchev–Trinajstić information content (AvgIpc) is 2.67. The Bertz CT molecular complexity index is 848. The van der Waals surface area contributed by atoms with E-state index < -0.39 is 23.0 Å². The lowest BCUT2D eigenvalue weighted by Crippen LogP contribution is -2.47. The zero-order valence-corrected chi connectivity index (χ0v) is 17.0. The van der Waals surface area contributed by atoms with Crippen LogP contribution in [0.2, 0.25) is 0 Å². The molecule has 0 aliphatic carbocycles. The molecule has 158 valence electrons. The molecule has 0 aromatic heterocycles. The lowest BCUT2D eigenvalue weighted by molar-refractivity contribution is -0.386. The van der Waals surface area contributed by atoms with Crippen LogP contribution in [0.25, 0.3) is 0 Å². The van der Waals surface area contributed by atoms with E-state index in [0.29, 0.717) is 11.3 Å². The molecule has 2 N–H and O–H groups in total. The number of allylic oxidation sites excluding steroid dienone is 1. The summed E-state index contributed by atoms with van der Waals surface area (Å²) in [6.07, 6.45) is 0. The van der Waals surface area contributed by atoms with Gasteiger partial charge in [-0.1, -0.05) is 13.8 Å². The Labute approximate surface area is 168 Å². The Balaban J connectivity index is 2.75. The molecule has 2 rings (SSSR count). The van der Waals surface area contributed by atoms with Gasteiger partial charge in [-0.2, -0.15) is 0 Å². The molecule has 10 nitrogen and oxygen atoms in total. The Morgan fingerprint density at radius 3 is 2.41 bits per heavy atom. The number of ether oxygens (including phenoxy) is 3. The van der Waals surface area contributed by atoms with Crippen molar-refractivity contribution in [3.63, 3.8) is 0 Å². The van der Waals surface area contributed by atoms with E-state index in [4.69, 9.17) is 14.2 Å².